The number of hydrogen-bond acceptors (Lipinski definition) is 3. The predicted molar refractivity (Wildman–Crippen MR) is 108 cm³/mol. The number of rotatable bonds is 3. The Hall–Kier alpha value is -0.470. The first-order valence-corrected chi connectivity index (χ1v) is 10.8. The molecule has 0 aromatic heterocycles. The molecule has 142 valence electrons. The van der Waals surface area contributed by atoms with Crippen LogP contribution in [0.4, 0.5) is 0 Å². The standard InChI is InChI=1S/C15H27O3P.C5H12/c1-10-8-11(14(2,3)4)13(19(16,17)18)12(9-10)15(5,6)7;1-3-5-4-2/h8-9,16-19H,1-7H3;3-5H2,1-2H3. The van der Waals surface area contributed by atoms with Gasteiger partial charge in [0.15, 0.2) is 0 Å². The van der Waals surface area contributed by atoms with E-state index >= 15 is 0 Å². The minimum atomic E-state index is -4.36. The van der Waals surface area contributed by atoms with Crippen molar-refractivity contribution in [1.29, 1.82) is 0 Å². The molecule has 3 nitrogen and oxygen atoms in total. The van der Waals surface area contributed by atoms with Gasteiger partial charge in [0.25, 0.3) is 0 Å². The topological polar surface area (TPSA) is 60.7 Å². The van der Waals surface area contributed by atoms with Crippen molar-refractivity contribution in [2.45, 2.75) is 92.4 Å². The second-order valence-electron chi connectivity index (χ2n) is 8.72. The summed E-state index contributed by atoms with van der Waals surface area (Å²) in [6.45, 7) is 18.5. The quantitative estimate of drug-likeness (QED) is 0.675. The Kier molecular flexibility index (Phi) is 8.59. The van der Waals surface area contributed by atoms with Gasteiger partial charge in [0.1, 0.15) is 0 Å². The molecule has 3 N–H and O–H groups in total. The van der Waals surface area contributed by atoms with Crippen LogP contribution in [-0.2, 0) is 10.8 Å². The van der Waals surface area contributed by atoms with E-state index < -0.39 is 7.94 Å². The fourth-order valence-corrected chi connectivity index (χ4v) is 4.30. The zero-order chi connectivity index (χ0) is 19.3. The SMILES string of the molecule is CCCCC.Cc1cc(C(C)(C)C)c([PH](O)(O)O)c(C(C)(C)C)c1. The van der Waals surface area contributed by atoms with E-state index in [4.69, 9.17) is 0 Å². The molecule has 0 amide bonds. The van der Waals surface area contributed by atoms with E-state index in [1.807, 2.05) is 60.6 Å². The van der Waals surface area contributed by atoms with Gasteiger partial charge in [0, 0.05) is 0 Å². The van der Waals surface area contributed by atoms with E-state index in [-0.39, 0.29) is 10.8 Å². The Balaban J connectivity index is 0.000000922. The van der Waals surface area contributed by atoms with Crippen molar-refractivity contribution in [3.8, 4) is 0 Å². The Bertz CT molecular complexity index is 480. The molecule has 1 aromatic rings. The summed E-state index contributed by atoms with van der Waals surface area (Å²) in [5, 5.41) is 0.345. The van der Waals surface area contributed by atoms with Gasteiger partial charge in [0.05, 0.1) is 0 Å². The van der Waals surface area contributed by atoms with Crippen LogP contribution in [0.5, 0.6) is 0 Å². The van der Waals surface area contributed by atoms with Crippen LogP contribution in [0.2, 0.25) is 0 Å². The molecule has 0 aliphatic rings. The third-order valence-electron chi connectivity index (χ3n) is 3.94. The average Bonchev–Trinajstić information content (AvgIpc) is 2.36. The second-order valence-corrected chi connectivity index (χ2v) is 10.5. The van der Waals surface area contributed by atoms with Crippen molar-refractivity contribution in [3.05, 3.63) is 28.8 Å². The minimum absolute atomic E-state index is 0.256. The van der Waals surface area contributed by atoms with Gasteiger partial charge in [0.2, 0.25) is 0 Å². The maximum atomic E-state index is 9.92. The molecule has 0 fully saturated rings. The van der Waals surface area contributed by atoms with E-state index in [1.165, 1.54) is 19.3 Å². The maximum absolute atomic E-state index is 9.92. The monoisotopic (exact) mass is 358 g/mol. The van der Waals surface area contributed by atoms with E-state index in [0.717, 1.165) is 16.7 Å². The average molecular weight is 359 g/mol. The summed E-state index contributed by atoms with van der Waals surface area (Å²) < 4.78 is 0. The van der Waals surface area contributed by atoms with Crippen molar-refractivity contribution in [2.75, 3.05) is 0 Å². The molecular weight excluding hydrogens is 319 g/mol. The molecule has 0 bridgehead atoms. The van der Waals surface area contributed by atoms with Gasteiger partial charge in [-0.2, -0.15) is 0 Å². The fraction of sp³-hybridized carbons (Fsp3) is 0.700. The summed E-state index contributed by atoms with van der Waals surface area (Å²) >= 11 is 0. The molecule has 0 atom stereocenters. The molecule has 0 aliphatic carbocycles. The van der Waals surface area contributed by atoms with E-state index in [0.29, 0.717) is 5.30 Å². The first-order valence-electron chi connectivity index (χ1n) is 8.99. The normalized spacial score (nSPS) is 13.3. The van der Waals surface area contributed by atoms with Gasteiger partial charge in [-0.05, 0) is 0 Å². The molecule has 0 heterocycles. The van der Waals surface area contributed by atoms with E-state index in [9.17, 15) is 14.7 Å². The van der Waals surface area contributed by atoms with Crippen LogP contribution in [-0.4, -0.2) is 14.7 Å². The van der Waals surface area contributed by atoms with Crippen molar-refractivity contribution < 1.29 is 14.7 Å². The van der Waals surface area contributed by atoms with Crippen molar-refractivity contribution in [2.24, 2.45) is 0 Å². The van der Waals surface area contributed by atoms with Gasteiger partial charge in [-0.15, -0.1) is 0 Å². The van der Waals surface area contributed by atoms with Gasteiger partial charge in [-0.25, -0.2) is 0 Å². The molecular formula is C20H39O3P. The van der Waals surface area contributed by atoms with Crippen LogP contribution >= 0.6 is 7.94 Å². The second kappa shape index (κ2) is 8.76. The zero-order valence-corrected chi connectivity index (χ0v) is 18.1. The fourth-order valence-electron chi connectivity index (χ4n) is 2.68. The van der Waals surface area contributed by atoms with Gasteiger partial charge in [-0.1, -0.05) is 33.1 Å². The molecule has 0 saturated carbocycles. The third-order valence-corrected chi connectivity index (χ3v) is 5.15. The van der Waals surface area contributed by atoms with E-state index in [1.54, 1.807) is 0 Å². The first-order chi connectivity index (χ1) is 10.7. The van der Waals surface area contributed by atoms with Crippen LogP contribution < -0.4 is 5.30 Å². The number of hydrogen-bond donors (Lipinski definition) is 3. The summed E-state index contributed by atoms with van der Waals surface area (Å²) in [6.07, 6.45) is 4.08. The third kappa shape index (κ3) is 7.19. The molecule has 24 heavy (non-hydrogen) atoms. The molecule has 4 heteroatoms. The summed E-state index contributed by atoms with van der Waals surface area (Å²) in [7, 11) is -4.36. The molecule has 1 aromatic carbocycles. The van der Waals surface area contributed by atoms with Gasteiger partial charge in [-0.3, -0.25) is 0 Å². The van der Waals surface area contributed by atoms with Crippen molar-refractivity contribution in [1.82, 2.24) is 0 Å². The summed E-state index contributed by atoms with van der Waals surface area (Å²) in [6, 6.07) is 3.88. The molecule has 0 radical (unpaired) electrons. The van der Waals surface area contributed by atoms with Crippen molar-refractivity contribution >= 4 is 13.2 Å². The molecule has 0 aliphatic heterocycles. The Morgan fingerprint density at radius 2 is 1.12 bits per heavy atom. The Labute approximate surface area is 149 Å². The predicted octanol–water partition coefficient (Wildman–Crippen LogP) is 4.88. The Morgan fingerprint density at radius 3 is 1.29 bits per heavy atom. The van der Waals surface area contributed by atoms with Gasteiger partial charge >= 0.3 is 116 Å². The molecule has 1 rings (SSSR count). The van der Waals surface area contributed by atoms with Crippen LogP contribution in [0.1, 0.15) is 91.3 Å². The Morgan fingerprint density at radius 1 is 0.792 bits per heavy atom. The summed E-state index contributed by atoms with van der Waals surface area (Å²) in [5.74, 6) is 0. The van der Waals surface area contributed by atoms with Gasteiger partial charge < -0.3 is 0 Å². The van der Waals surface area contributed by atoms with Crippen LogP contribution in [0.3, 0.4) is 0 Å². The first kappa shape index (κ1) is 23.5. The van der Waals surface area contributed by atoms with Crippen molar-refractivity contribution in [3.63, 3.8) is 0 Å². The van der Waals surface area contributed by atoms with Crippen LogP contribution in [0, 0.1) is 6.92 Å². The van der Waals surface area contributed by atoms with Crippen LogP contribution in [0.15, 0.2) is 12.1 Å². The molecule has 0 unspecified atom stereocenters. The number of aryl methyl sites for hydroxylation is 1. The van der Waals surface area contributed by atoms with Crippen LogP contribution in [0.25, 0.3) is 0 Å². The molecule has 0 saturated heterocycles. The van der Waals surface area contributed by atoms with E-state index in [2.05, 4.69) is 13.8 Å². The summed E-state index contributed by atoms with van der Waals surface area (Å²) in [4.78, 5) is 29.8. The summed E-state index contributed by atoms with van der Waals surface area (Å²) in [5.41, 5.74) is 2.19. The number of unbranched alkanes of at least 4 members (excludes halogenated alkanes) is 2. The zero-order valence-electron chi connectivity index (χ0n) is 17.1. The number of benzene rings is 1. The molecule has 0 spiro atoms.